The van der Waals surface area contributed by atoms with Crippen molar-refractivity contribution in [2.45, 2.75) is 31.9 Å². The molecule has 1 aliphatic rings. The highest BCUT2D eigenvalue weighted by Gasteiger charge is 2.43. The molecule has 1 aliphatic carbocycles. The molecule has 0 aromatic carbocycles. The van der Waals surface area contributed by atoms with Gasteiger partial charge in [-0.25, -0.2) is 0 Å². The SMILES string of the molecule is O=C(Cl)C1CCCC(C(F)(F)F)C1. The van der Waals surface area contributed by atoms with Crippen LogP contribution < -0.4 is 0 Å². The molecule has 1 rings (SSSR count). The Balaban J connectivity index is 2.57. The summed E-state index contributed by atoms with van der Waals surface area (Å²) in [6.07, 6.45) is -3.25. The summed E-state index contributed by atoms with van der Waals surface area (Å²) in [6.45, 7) is 0. The average molecular weight is 215 g/mol. The molecule has 0 heterocycles. The maximum absolute atomic E-state index is 12.2. The van der Waals surface area contributed by atoms with Crippen LogP contribution in [0.2, 0.25) is 0 Å². The van der Waals surface area contributed by atoms with Crippen molar-refractivity contribution in [2.75, 3.05) is 0 Å². The Morgan fingerprint density at radius 3 is 2.38 bits per heavy atom. The molecule has 1 fully saturated rings. The van der Waals surface area contributed by atoms with Crippen molar-refractivity contribution in [1.82, 2.24) is 0 Å². The van der Waals surface area contributed by atoms with Crippen LogP contribution in [0.25, 0.3) is 0 Å². The highest BCUT2D eigenvalue weighted by atomic mass is 35.5. The predicted octanol–water partition coefficient (Wildman–Crippen LogP) is 3.12. The zero-order valence-electron chi connectivity index (χ0n) is 6.90. The molecule has 0 N–H and O–H groups in total. The number of carbonyl (C=O) groups excluding carboxylic acids is 1. The van der Waals surface area contributed by atoms with Crippen molar-refractivity contribution in [2.24, 2.45) is 11.8 Å². The Kier molecular flexibility index (Phi) is 3.22. The molecule has 2 atom stereocenters. The van der Waals surface area contributed by atoms with E-state index in [9.17, 15) is 18.0 Å². The number of hydrogen-bond donors (Lipinski definition) is 0. The molecule has 0 aliphatic heterocycles. The van der Waals surface area contributed by atoms with Gasteiger partial charge in [0.2, 0.25) is 5.24 Å². The molecule has 1 nitrogen and oxygen atoms in total. The van der Waals surface area contributed by atoms with Crippen LogP contribution in [0.5, 0.6) is 0 Å². The third kappa shape index (κ3) is 2.86. The van der Waals surface area contributed by atoms with Crippen LogP contribution >= 0.6 is 11.6 Å². The van der Waals surface area contributed by atoms with Crippen LogP contribution in [0.4, 0.5) is 13.2 Å². The molecule has 0 bridgehead atoms. The second-order valence-corrected chi connectivity index (χ2v) is 3.78. The van der Waals surface area contributed by atoms with Crippen molar-refractivity contribution in [3.8, 4) is 0 Å². The van der Waals surface area contributed by atoms with Gasteiger partial charge in [-0.2, -0.15) is 13.2 Å². The van der Waals surface area contributed by atoms with Gasteiger partial charge in [0.25, 0.3) is 0 Å². The van der Waals surface area contributed by atoms with E-state index in [1.807, 2.05) is 0 Å². The minimum atomic E-state index is -4.18. The van der Waals surface area contributed by atoms with Gasteiger partial charge in [-0.15, -0.1) is 0 Å². The van der Waals surface area contributed by atoms with E-state index >= 15 is 0 Å². The van der Waals surface area contributed by atoms with Crippen molar-refractivity contribution in [3.05, 3.63) is 0 Å². The third-order valence-corrected chi connectivity index (χ3v) is 2.77. The number of carbonyl (C=O) groups is 1. The molecule has 0 aromatic heterocycles. The Morgan fingerprint density at radius 1 is 1.31 bits per heavy atom. The highest BCUT2D eigenvalue weighted by molar-refractivity contribution is 6.63. The molecular formula is C8H10ClF3O. The van der Waals surface area contributed by atoms with E-state index in [4.69, 9.17) is 11.6 Å². The lowest BCUT2D eigenvalue weighted by Crippen LogP contribution is -2.30. The highest BCUT2D eigenvalue weighted by Crippen LogP contribution is 2.40. The summed E-state index contributed by atoms with van der Waals surface area (Å²) in [6, 6.07) is 0. The molecule has 76 valence electrons. The van der Waals surface area contributed by atoms with Gasteiger partial charge in [-0.05, 0) is 30.9 Å². The summed E-state index contributed by atoms with van der Waals surface area (Å²) in [7, 11) is 0. The topological polar surface area (TPSA) is 17.1 Å². The van der Waals surface area contributed by atoms with Gasteiger partial charge >= 0.3 is 6.18 Å². The molecule has 2 unspecified atom stereocenters. The molecular weight excluding hydrogens is 205 g/mol. The molecule has 1 saturated carbocycles. The summed E-state index contributed by atoms with van der Waals surface area (Å²) >= 11 is 5.17. The second kappa shape index (κ2) is 3.86. The Bertz CT molecular complexity index is 202. The summed E-state index contributed by atoms with van der Waals surface area (Å²) in [5.41, 5.74) is 0. The van der Waals surface area contributed by atoms with Crippen molar-refractivity contribution in [1.29, 1.82) is 0 Å². The van der Waals surface area contributed by atoms with Gasteiger partial charge < -0.3 is 0 Å². The van der Waals surface area contributed by atoms with Crippen LogP contribution in [0.3, 0.4) is 0 Å². The van der Waals surface area contributed by atoms with Crippen molar-refractivity contribution >= 4 is 16.8 Å². The summed E-state index contributed by atoms with van der Waals surface area (Å²) in [5.74, 6) is -1.93. The fourth-order valence-corrected chi connectivity index (χ4v) is 1.89. The van der Waals surface area contributed by atoms with Crippen LogP contribution in [0.1, 0.15) is 25.7 Å². The van der Waals surface area contributed by atoms with Crippen LogP contribution in [-0.4, -0.2) is 11.4 Å². The van der Waals surface area contributed by atoms with Crippen molar-refractivity contribution in [3.63, 3.8) is 0 Å². The Hall–Kier alpha value is -0.250. The van der Waals surface area contributed by atoms with Gasteiger partial charge in [0.05, 0.1) is 5.92 Å². The standard InChI is InChI=1S/C8H10ClF3O/c9-7(13)5-2-1-3-6(4-5)8(10,11)12/h5-6H,1-4H2. The van der Waals surface area contributed by atoms with E-state index in [-0.39, 0.29) is 12.8 Å². The van der Waals surface area contributed by atoms with E-state index in [1.54, 1.807) is 0 Å². The maximum atomic E-state index is 12.2. The van der Waals surface area contributed by atoms with Crippen LogP contribution in [-0.2, 0) is 4.79 Å². The van der Waals surface area contributed by atoms with E-state index in [0.717, 1.165) is 0 Å². The summed E-state index contributed by atoms with van der Waals surface area (Å²) in [4.78, 5) is 10.7. The zero-order valence-corrected chi connectivity index (χ0v) is 7.66. The largest absolute Gasteiger partial charge is 0.391 e. The molecule has 0 saturated heterocycles. The first kappa shape index (κ1) is 10.8. The van der Waals surface area contributed by atoms with Crippen LogP contribution in [0.15, 0.2) is 0 Å². The quantitative estimate of drug-likeness (QED) is 0.613. The van der Waals surface area contributed by atoms with Gasteiger partial charge in [-0.3, -0.25) is 4.79 Å². The number of hydrogen-bond acceptors (Lipinski definition) is 1. The fraction of sp³-hybridized carbons (Fsp3) is 0.875. The van der Waals surface area contributed by atoms with Crippen molar-refractivity contribution < 1.29 is 18.0 Å². The molecule has 0 amide bonds. The molecule has 13 heavy (non-hydrogen) atoms. The molecule has 5 heteroatoms. The normalized spacial score (nSPS) is 30.2. The molecule has 0 spiro atoms. The average Bonchev–Trinajstić information content (AvgIpc) is 2.03. The van der Waals surface area contributed by atoms with Crippen LogP contribution in [0, 0.1) is 11.8 Å². The van der Waals surface area contributed by atoms with E-state index < -0.39 is 23.3 Å². The number of rotatable bonds is 1. The fourth-order valence-electron chi connectivity index (χ4n) is 1.69. The first-order valence-electron chi connectivity index (χ1n) is 4.17. The van der Waals surface area contributed by atoms with E-state index in [0.29, 0.717) is 12.8 Å². The van der Waals surface area contributed by atoms with Gasteiger partial charge in [0.15, 0.2) is 0 Å². The first-order valence-corrected chi connectivity index (χ1v) is 4.55. The van der Waals surface area contributed by atoms with Gasteiger partial charge in [-0.1, -0.05) is 6.42 Å². The third-order valence-electron chi connectivity index (χ3n) is 2.46. The van der Waals surface area contributed by atoms with Gasteiger partial charge in [0.1, 0.15) is 0 Å². The minimum absolute atomic E-state index is 0.129. The Labute approximate surface area is 79.2 Å². The van der Waals surface area contributed by atoms with E-state index in [2.05, 4.69) is 0 Å². The molecule has 0 radical (unpaired) electrons. The molecule has 0 aromatic rings. The zero-order chi connectivity index (χ0) is 10.1. The second-order valence-electron chi connectivity index (χ2n) is 3.41. The maximum Gasteiger partial charge on any atom is 0.391 e. The van der Waals surface area contributed by atoms with Gasteiger partial charge in [0, 0.05) is 5.92 Å². The lowest BCUT2D eigenvalue weighted by molar-refractivity contribution is -0.185. The van der Waals surface area contributed by atoms with E-state index in [1.165, 1.54) is 0 Å². The lowest BCUT2D eigenvalue weighted by atomic mass is 9.82. The first-order chi connectivity index (χ1) is 5.91. The number of alkyl halides is 3. The smallest absolute Gasteiger partial charge is 0.281 e. The predicted molar refractivity (Wildman–Crippen MR) is 42.4 cm³/mol. The monoisotopic (exact) mass is 214 g/mol. The minimum Gasteiger partial charge on any atom is -0.281 e. The Morgan fingerprint density at radius 2 is 1.92 bits per heavy atom. The summed E-state index contributed by atoms with van der Waals surface area (Å²) in [5, 5.41) is -0.631. The number of halogens is 4. The lowest BCUT2D eigenvalue weighted by Gasteiger charge is -2.28. The summed E-state index contributed by atoms with van der Waals surface area (Å²) < 4.78 is 36.7.